The van der Waals surface area contributed by atoms with E-state index in [1.54, 1.807) is 0 Å². The Morgan fingerprint density at radius 2 is 1.63 bits per heavy atom. The molecule has 1 atom stereocenters. The molecule has 2 aromatic rings. The second-order valence-corrected chi connectivity index (χ2v) is 9.82. The molecule has 0 saturated carbocycles. The molecule has 3 rings (SSSR count). The molecule has 0 aromatic heterocycles. The van der Waals surface area contributed by atoms with E-state index in [4.69, 9.17) is 12.2 Å². The monoisotopic (exact) mass is 418 g/mol. The first-order chi connectivity index (χ1) is 14.2. The van der Waals surface area contributed by atoms with Crippen LogP contribution in [-0.2, 0) is 0 Å². The number of likely N-dealkylation sites (tertiary alicyclic amines) is 1. The maximum absolute atomic E-state index is 9.33. The summed E-state index contributed by atoms with van der Waals surface area (Å²) >= 11 is 6.20. The van der Waals surface area contributed by atoms with Gasteiger partial charge in [-0.05, 0) is 65.0 Å². The predicted octanol–water partition coefficient (Wildman–Crippen LogP) is 7.44. The van der Waals surface area contributed by atoms with E-state index in [9.17, 15) is 5.26 Å². The molecule has 1 fully saturated rings. The molecule has 158 valence electrons. The maximum atomic E-state index is 9.33. The SMILES string of the molecule is CC(C)c1cc(C(C)C)c(C(=S)N2CCC[C@@H]2c2cccc(C#N)c2)c(C(C)C)c1. The van der Waals surface area contributed by atoms with Crippen LogP contribution in [-0.4, -0.2) is 16.4 Å². The lowest BCUT2D eigenvalue weighted by Gasteiger charge is -2.32. The smallest absolute Gasteiger partial charge is 0.110 e. The van der Waals surface area contributed by atoms with Crippen molar-refractivity contribution in [3.8, 4) is 6.07 Å². The Morgan fingerprint density at radius 3 is 2.17 bits per heavy atom. The summed E-state index contributed by atoms with van der Waals surface area (Å²) < 4.78 is 0. The van der Waals surface area contributed by atoms with Crippen LogP contribution in [0.1, 0.15) is 112 Å². The number of thiocarbonyl (C=S) groups is 1. The molecular formula is C27H34N2S. The number of hydrogen-bond donors (Lipinski definition) is 0. The average Bonchev–Trinajstić information content (AvgIpc) is 3.22. The molecule has 0 spiro atoms. The van der Waals surface area contributed by atoms with Crippen LogP contribution in [0.4, 0.5) is 0 Å². The lowest BCUT2D eigenvalue weighted by molar-refractivity contribution is 0.407. The van der Waals surface area contributed by atoms with Gasteiger partial charge in [-0.2, -0.15) is 5.26 Å². The number of rotatable bonds is 5. The molecule has 1 heterocycles. The summed E-state index contributed by atoms with van der Waals surface area (Å²) in [4.78, 5) is 3.39. The van der Waals surface area contributed by atoms with Crippen LogP contribution < -0.4 is 0 Å². The van der Waals surface area contributed by atoms with E-state index in [-0.39, 0.29) is 6.04 Å². The molecule has 0 amide bonds. The summed E-state index contributed by atoms with van der Waals surface area (Å²) in [7, 11) is 0. The van der Waals surface area contributed by atoms with Crippen molar-refractivity contribution in [1.29, 1.82) is 5.26 Å². The lowest BCUT2D eigenvalue weighted by Crippen LogP contribution is -2.32. The van der Waals surface area contributed by atoms with Crippen LogP contribution in [0.15, 0.2) is 36.4 Å². The summed E-state index contributed by atoms with van der Waals surface area (Å²) in [6, 6.07) is 15.3. The first-order valence-corrected chi connectivity index (χ1v) is 11.6. The second-order valence-electron chi connectivity index (χ2n) is 9.43. The van der Waals surface area contributed by atoms with Gasteiger partial charge in [0.2, 0.25) is 0 Å². The topological polar surface area (TPSA) is 27.0 Å². The summed E-state index contributed by atoms with van der Waals surface area (Å²) in [6.45, 7) is 14.6. The Balaban J connectivity index is 2.10. The largest absolute Gasteiger partial charge is 0.355 e. The molecular weight excluding hydrogens is 384 g/mol. The number of nitrogens with zero attached hydrogens (tertiary/aromatic N) is 2. The van der Waals surface area contributed by atoms with Crippen molar-refractivity contribution in [2.45, 2.75) is 78.2 Å². The molecule has 2 nitrogen and oxygen atoms in total. The minimum Gasteiger partial charge on any atom is -0.355 e. The fraction of sp³-hybridized carbons (Fsp3) is 0.481. The zero-order valence-corrected chi connectivity index (χ0v) is 20.0. The van der Waals surface area contributed by atoms with Gasteiger partial charge in [-0.1, -0.05) is 78.0 Å². The fourth-order valence-corrected chi connectivity index (χ4v) is 4.97. The quantitative estimate of drug-likeness (QED) is 0.472. The van der Waals surface area contributed by atoms with Crippen LogP contribution >= 0.6 is 12.2 Å². The second kappa shape index (κ2) is 9.31. The lowest BCUT2D eigenvalue weighted by atomic mass is 9.84. The standard InChI is InChI=1S/C27H34N2S/c1-17(2)22-14-23(18(3)4)26(24(15-22)19(5)6)27(30)29-12-8-11-25(29)21-10-7-9-20(13-21)16-28/h7,9-10,13-15,17-19,25H,8,11-12H2,1-6H3/t25-/m1/s1. The highest BCUT2D eigenvalue weighted by Crippen LogP contribution is 2.38. The Kier molecular flexibility index (Phi) is 6.98. The third-order valence-corrected chi connectivity index (χ3v) is 6.70. The zero-order chi connectivity index (χ0) is 22.0. The molecule has 0 radical (unpaired) electrons. The Labute approximate surface area is 187 Å². The van der Waals surface area contributed by atoms with Gasteiger partial charge in [0, 0.05) is 12.1 Å². The average molecular weight is 419 g/mol. The van der Waals surface area contributed by atoms with Crippen molar-refractivity contribution in [3.05, 3.63) is 69.8 Å². The minimum absolute atomic E-state index is 0.246. The maximum Gasteiger partial charge on any atom is 0.110 e. The van der Waals surface area contributed by atoms with E-state index in [1.807, 2.05) is 18.2 Å². The predicted molar refractivity (Wildman–Crippen MR) is 130 cm³/mol. The molecule has 1 aliphatic rings. The third kappa shape index (κ3) is 4.44. The van der Waals surface area contributed by atoms with Crippen LogP contribution in [0.5, 0.6) is 0 Å². The summed E-state index contributed by atoms with van der Waals surface area (Å²) in [5.74, 6) is 1.32. The zero-order valence-electron chi connectivity index (χ0n) is 19.2. The van der Waals surface area contributed by atoms with Crippen molar-refractivity contribution < 1.29 is 0 Å². The normalized spacial score (nSPS) is 16.5. The van der Waals surface area contributed by atoms with E-state index in [0.717, 1.165) is 29.9 Å². The Bertz CT molecular complexity index is 936. The van der Waals surface area contributed by atoms with Crippen molar-refractivity contribution in [1.82, 2.24) is 4.90 Å². The Hall–Kier alpha value is -2.18. The van der Waals surface area contributed by atoms with Gasteiger partial charge in [-0.15, -0.1) is 0 Å². The minimum atomic E-state index is 0.246. The van der Waals surface area contributed by atoms with Crippen LogP contribution in [0, 0.1) is 11.3 Å². The molecule has 1 aliphatic heterocycles. The molecule has 0 aliphatic carbocycles. The van der Waals surface area contributed by atoms with E-state index in [1.165, 1.54) is 27.8 Å². The van der Waals surface area contributed by atoms with E-state index in [2.05, 4.69) is 70.7 Å². The molecule has 0 bridgehead atoms. The van der Waals surface area contributed by atoms with Gasteiger partial charge in [0.25, 0.3) is 0 Å². The molecule has 0 N–H and O–H groups in total. The van der Waals surface area contributed by atoms with Gasteiger partial charge in [-0.3, -0.25) is 0 Å². The highest BCUT2D eigenvalue weighted by atomic mass is 32.1. The summed E-state index contributed by atoms with van der Waals surface area (Å²) in [5, 5.41) is 9.33. The molecule has 30 heavy (non-hydrogen) atoms. The first-order valence-electron chi connectivity index (χ1n) is 11.2. The number of nitriles is 1. The van der Waals surface area contributed by atoms with Crippen LogP contribution in [0.2, 0.25) is 0 Å². The number of benzene rings is 2. The summed E-state index contributed by atoms with van der Waals surface area (Å²) in [6.07, 6.45) is 2.20. The van der Waals surface area contributed by atoms with Crippen LogP contribution in [0.25, 0.3) is 0 Å². The first kappa shape index (κ1) is 22.5. The van der Waals surface area contributed by atoms with Crippen molar-refractivity contribution >= 4 is 17.2 Å². The van der Waals surface area contributed by atoms with Gasteiger partial charge >= 0.3 is 0 Å². The highest BCUT2D eigenvalue weighted by Gasteiger charge is 2.31. The highest BCUT2D eigenvalue weighted by molar-refractivity contribution is 7.80. The van der Waals surface area contributed by atoms with Crippen LogP contribution in [0.3, 0.4) is 0 Å². The van der Waals surface area contributed by atoms with Gasteiger partial charge in [0.05, 0.1) is 17.7 Å². The van der Waals surface area contributed by atoms with E-state index >= 15 is 0 Å². The number of hydrogen-bond acceptors (Lipinski definition) is 2. The van der Waals surface area contributed by atoms with E-state index < -0.39 is 0 Å². The molecule has 2 aromatic carbocycles. The fourth-order valence-electron chi connectivity index (χ4n) is 4.52. The van der Waals surface area contributed by atoms with Gasteiger partial charge in [-0.25, -0.2) is 0 Å². The van der Waals surface area contributed by atoms with Crippen molar-refractivity contribution in [3.63, 3.8) is 0 Å². The van der Waals surface area contributed by atoms with Gasteiger partial charge in [0.15, 0.2) is 0 Å². The summed E-state index contributed by atoms with van der Waals surface area (Å²) in [5.41, 5.74) is 7.32. The van der Waals surface area contributed by atoms with Crippen molar-refractivity contribution in [2.24, 2.45) is 0 Å². The molecule has 0 unspecified atom stereocenters. The van der Waals surface area contributed by atoms with Gasteiger partial charge in [0.1, 0.15) is 4.99 Å². The third-order valence-electron chi connectivity index (χ3n) is 6.26. The molecule has 3 heteroatoms. The Morgan fingerprint density at radius 1 is 1.00 bits per heavy atom. The van der Waals surface area contributed by atoms with Gasteiger partial charge < -0.3 is 4.90 Å². The van der Waals surface area contributed by atoms with Crippen molar-refractivity contribution in [2.75, 3.05) is 6.54 Å². The molecule has 1 saturated heterocycles. The van der Waals surface area contributed by atoms with E-state index in [0.29, 0.717) is 17.8 Å².